The zero-order valence-corrected chi connectivity index (χ0v) is 8.70. The quantitative estimate of drug-likeness (QED) is 0.862. The summed E-state index contributed by atoms with van der Waals surface area (Å²) in [5.74, 6) is -0.868. The van der Waals surface area contributed by atoms with Crippen molar-refractivity contribution in [1.82, 2.24) is 4.98 Å². The van der Waals surface area contributed by atoms with Gasteiger partial charge in [0.15, 0.2) is 0 Å². The summed E-state index contributed by atoms with van der Waals surface area (Å²) in [5, 5.41) is 10.4. The molecular formula is C11H9NO2S. The Morgan fingerprint density at radius 3 is 2.73 bits per heavy atom. The van der Waals surface area contributed by atoms with Crippen molar-refractivity contribution >= 4 is 17.3 Å². The van der Waals surface area contributed by atoms with E-state index in [1.807, 2.05) is 12.1 Å². The molecule has 76 valence electrons. The molecule has 0 spiro atoms. The minimum atomic E-state index is -0.868. The number of hydrogen-bond donors (Lipinski definition) is 1. The van der Waals surface area contributed by atoms with E-state index in [0.717, 1.165) is 16.9 Å². The van der Waals surface area contributed by atoms with Gasteiger partial charge in [-0.3, -0.25) is 4.98 Å². The molecule has 0 aliphatic carbocycles. The van der Waals surface area contributed by atoms with Crippen molar-refractivity contribution in [3.05, 3.63) is 52.0 Å². The van der Waals surface area contributed by atoms with Gasteiger partial charge in [0, 0.05) is 29.1 Å². The highest BCUT2D eigenvalue weighted by Crippen LogP contribution is 2.18. The Bertz CT molecular complexity index is 464. The Morgan fingerprint density at radius 2 is 2.13 bits per heavy atom. The van der Waals surface area contributed by atoms with Crippen LogP contribution in [0.5, 0.6) is 0 Å². The summed E-state index contributed by atoms with van der Waals surface area (Å²) in [6, 6.07) is 5.58. The summed E-state index contributed by atoms with van der Waals surface area (Å²) in [7, 11) is 0. The summed E-state index contributed by atoms with van der Waals surface area (Å²) in [5.41, 5.74) is 1.51. The lowest BCUT2D eigenvalue weighted by atomic mass is 10.1. The molecule has 0 saturated carbocycles. The fraction of sp³-hybridized carbons (Fsp3) is 0.0909. The molecule has 0 saturated heterocycles. The predicted molar refractivity (Wildman–Crippen MR) is 58.3 cm³/mol. The Labute approximate surface area is 91.0 Å². The number of aromatic carboxylic acids is 1. The number of carboxylic acids is 1. The van der Waals surface area contributed by atoms with Crippen LogP contribution >= 0.6 is 11.3 Å². The maximum Gasteiger partial charge on any atom is 0.336 e. The number of nitrogens with zero attached hydrogens (tertiary/aromatic N) is 1. The van der Waals surface area contributed by atoms with E-state index in [1.54, 1.807) is 23.8 Å². The number of aromatic nitrogens is 1. The lowest BCUT2D eigenvalue weighted by molar-refractivity contribution is 0.0697. The lowest BCUT2D eigenvalue weighted by Crippen LogP contribution is -1.92. The van der Waals surface area contributed by atoms with Gasteiger partial charge < -0.3 is 5.11 Å². The third-order valence-corrected chi connectivity index (χ3v) is 2.97. The molecule has 0 atom stereocenters. The van der Waals surface area contributed by atoms with Crippen LogP contribution in [0.4, 0.5) is 0 Å². The number of hydrogen-bond acceptors (Lipinski definition) is 3. The predicted octanol–water partition coefficient (Wildman–Crippen LogP) is 2.43. The molecule has 0 aliphatic heterocycles. The molecule has 2 heterocycles. The van der Waals surface area contributed by atoms with Crippen molar-refractivity contribution in [3.8, 4) is 0 Å². The average molecular weight is 219 g/mol. The highest BCUT2D eigenvalue weighted by molar-refractivity contribution is 7.10. The normalized spacial score (nSPS) is 10.1. The summed E-state index contributed by atoms with van der Waals surface area (Å²) in [6.45, 7) is 0. The fourth-order valence-corrected chi connectivity index (χ4v) is 2.18. The van der Waals surface area contributed by atoms with E-state index in [2.05, 4.69) is 4.98 Å². The van der Waals surface area contributed by atoms with Crippen LogP contribution < -0.4 is 0 Å². The lowest BCUT2D eigenvalue weighted by Gasteiger charge is -1.96. The molecule has 0 bridgehead atoms. The topological polar surface area (TPSA) is 50.2 Å². The molecule has 4 heteroatoms. The molecule has 0 aliphatic rings. The number of carboxylic acid groups (broad SMARTS) is 1. The van der Waals surface area contributed by atoms with Crippen LogP contribution in [0.3, 0.4) is 0 Å². The Balaban J connectivity index is 2.15. The summed E-state index contributed by atoms with van der Waals surface area (Å²) in [4.78, 5) is 15.6. The second kappa shape index (κ2) is 4.23. The monoisotopic (exact) mass is 219 g/mol. The Morgan fingerprint density at radius 1 is 1.40 bits per heavy atom. The molecule has 0 amide bonds. The average Bonchev–Trinajstić information content (AvgIpc) is 2.68. The summed E-state index contributed by atoms with van der Waals surface area (Å²) >= 11 is 1.47. The van der Waals surface area contributed by atoms with Gasteiger partial charge in [-0.05, 0) is 23.8 Å². The van der Waals surface area contributed by atoms with Crippen molar-refractivity contribution in [3.63, 3.8) is 0 Å². The first-order valence-electron chi connectivity index (χ1n) is 4.45. The van der Waals surface area contributed by atoms with Gasteiger partial charge in [-0.25, -0.2) is 4.79 Å². The van der Waals surface area contributed by atoms with Gasteiger partial charge in [0.1, 0.15) is 0 Å². The zero-order valence-electron chi connectivity index (χ0n) is 7.88. The van der Waals surface area contributed by atoms with Crippen LogP contribution in [0.2, 0.25) is 0 Å². The maximum absolute atomic E-state index is 10.7. The van der Waals surface area contributed by atoms with Gasteiger partial charge >= 0.3 is 5.97 Å². The second-order valence-corrected chi connectivity index (χ2v) is 4.13. The molecule has 15 heavy (non-hydrogen) atoms. The SMILES string of the molecule is O=C(O)c1csc(Cc2ccncc2)c1. The third-order valence-electron chi connectivity index (χ3n) is 2.03. The first-order chi connectivity index (χ1) is 7.25. The minimum absolute atomic E-state index is 0.365. The molecule has 0 radical (unpaired) electrons. The molecule has 0 unspecified atom stereocenters. The van der Waals surface area contributed by atoms with Crippen LogP contribution in [0.1, 0.15) is 20.8 Å². The van der Waals surface area contributed by atoms with Crippen LogP contribution in [0.25, 0.3) is 0 Å². The summed E-state index contributed by atoms with van der Waals surface area (Å²) < 4.78 is 0. The van der Waals surface area contributed by atoms with Crippen molar-refractivity contribution in [2.45, 2.75) is 6.42 Å². The molecule has 3 nitrogen and oxygen atoms in total. The third kappa shape index (κ3) is 2.41. The fourth-order valence-electron chi connectivity index (χ4n) is 1.29. The van der Waals surface area contributed by atoms with Crippen molar-refractivity contribution < 1.29 is 9.90 Å². The van der Waals surface area contributed by atoms with Crippen LogP contribution in [-0.4, -0.2) is 16.1 Å². The van der Waals surface area contributed by atoms with Gasteiger partial charge in [0.05, 0.1) is 5.56 Å². The van der Waals surface area contributed by atoms with Gasteiger partial charge in [-0.1, -0.05) is 0 Å². The highest BCUT2D eigenvalue weighted by atomic mass is 32.1. The highest BCUT2D eigenvalue weighted by Gasteiger charge is 2.06. The molecule has 2 aromatic rings. The summed E-state index contributed by atoms with van der Waals surface area (Å²) in [6.07, 6.45) is 4.24. The largest absolute Gasteiger partial charge is 0.478 e. The molecular weight excluding hydrogens is 210 g/mol. The minimum Gasteiger partial charge on any atom is -0.478 e. The van der Waals surface area contributed by atoms with Crippen molar-refractivity contribution in [1.29, 1.82) is 0 Å². The standard InChI is InChI=1S/C11H9NO2S/c13-11(14)9-6-10(15-7-9)5-8-1-3-12-4-2-8/h1-4,6-7H,5H2,(H,13,14). The number of thiophene rings is 1. The number of rotatable bonds is 3. The van der Waals surface area contributed by atoms with E-state index in [-0.39, 0.29) is 0 Å². The van der Waals surface area contributed by atoms with Gasteiger partial charge in [-0.2, -0.15) is 0 Å². The van der Waals surface area contributed by atoms with Crippen molar-refractivity contribution in [2.24, 2.45) is 0 Å². The Hall–Kier alpha value is -1.68. The molecule has 1 N–H and O–H groups in total. The number of pyridine rings is 1. The maximum atomic E-state index is 10.7. The molecule has 2 rings (SSSR count). The van der Waals surface area contributed by atoms with Gasteiger partial charge in [-0.15, -0.1) is 11.3 Å². The molecule has 0 aromatic carbocycles. The first kappa shape index (κ1) is 9.86. The Kier molecular flexibility index (Phi) is 2.78. The van der Waals surface area contributed by atoms with E-state index in [4.69, 9.17) is 5.11 Å². The zero-order chi connectivity index (χ0) is 10.7. The van der Waals surface area contributed by atoms with E-state index in [9.17, 15) is 4.79 Å². The van der Waals surface area contributed by atoms with Crippen LogP contribution in [-0.2, 0) is 6.42 Å². The van der Waals surface area contributed by atoms with E-state index < -0.39 is 5.97 Å². The van der Waals surface area contributed by atoms with Gasteiger partial charge in [0.25, 0.3) is 0 Å². The first-order valence-corrected chi connectivity index (χ1v) is 5.33. The molecule has 2 aromatic heterocycles. The van der Waals surface area contributed by atoms with E-state index >= 15 is 0 Å². The van der Waals surface area contributed by atoms with E-state index in [1.165, 1.54) is 11.3 Å². The second-order valence-electron chi connectivity index (χ2n) is 3.14. The van der Waals surface area contributed by atoms with Crippen molar-refractivity contribution in [2.75, 3.05) is 0 Å². The van der Waals surface area contributed by atoms with Gasteiger partial charge in [0.2, 0.25) is 0 Å². The van der Waals surface area contributed by atoms with E-state index in [0.29, 0.717) is 5.56 Å². The van der Waals surface area contributed by atoms with Crippen LogP contribution in [0.15, 0.2) is 36.0 Å². The number of carbonyl (C=O) groups is 1. The smallest absolute Gasteiger partial charge is 0.336 e. The molecule has 0 fully saturated rings. The van der Waals surface area contributed by atoms with Crippen LogP contribution in [0, 0.1) is 0 Å².